The van der Waals surface area contributed by atoms with Gasteiger partial charge in [0.1, 0.15) is 0 Å². The van der Waals surface area contributed by atoms with Crippen molar-refractivity contribution in [2.45, 2.75) is 26.4 Å². The summed E-state index contributed by atoms with van der Waals surface area (Å²) in [4.78, 5) is 15.3. The number of carbonyl (C=O) groups excluding carboxylic acids is 1. The van der Waals surface area contributed by atoms with E-state index in [2.05, 4.69) is 36.2 Å². The van der Waals surface area contributed by atoms with Gasteiger partial charge in [-0.1, -0.05) is 32.1 Å². The summed E-state index contributed by atoms with van der Waals surface area (Å²) < 4.78 is 0. The largest absolute Gasteiger partial charge is 0.350 e. The Hall–Kier alpha value is -1.13. The van der Waals surface area contributed by atoms with Crippen molar-refractivity contribution in [3.8, 4) is 0 Å². The van der Waals surface area contributed by atoms with E-state index >= 15 is 0 Å². The molecule has 0 spiro atoms. The van der Waals surface area contributed by atoms with Gasteiger partial charge in [0.05, 0.1) is 13.1 Å². The third-order valence-electron chi connectivity index (χ3n) is 3.16. The zero-order valence-corrected chi connectivity index (χ0v) is 11.7. The molecule has 1 aliphatic rings. The van der Waals surface area contributed by atoms with E-state index < -0.39 is 0 Å². The van der Waals surface area contributed by atoms with E-state index in [4.69, 9.17) is 0 Å². The van der Waals surface area contributed by atoms with Crippen molar-refractivity contribution in [2.75, 3.05) is 13.1 Å². The molecule has 1 aromatic heterocycles. The molecular weight excluding hydrogens is 244 g/mol. The summed E-state index contributed by atoms with van der Waals surface area (Å²) in [5, 5.41) is 5.00. The highest BCUT2D eigenvalue weighted by Crippen LogP contribution is 2.17. The number of amides is 1. The highest BCUT2D eigenvalue weighted by Gasteiger charge is 2.24. The lowest BCUT2D eigenvalue weighted by molar-refractivity contribution is -0.122. The summed E-state index contributed by atoms with van der Waals surface area (Å²) in [5.74, 6) is 0.659. The Balaban J connectivity index is 1.77. The van der Waals surface area contributed by atoms with Crippen LogP contribution in [0.15, 0.2) is 29.7 Å². The third-order valence-corrected chi connectivity index (χ3v) is 4.04. The molecule has 1 atom stereocenters. The Kier molecular flexibility index (Phi) is 4.55. The first-order chi connectivity index (χ1) is 8.66. The molecule has 0 bridgehead atoms. The Labute approximate surface area is 112 Å². The van der Waals surface area contributed by atoms with Crippen molar-refractivity contribution in [1.82, 2.24) is 10.2 Å². The summed E-state index contributed by atoms with van der Waals surface area (Å²) in [6.45, 7) is 6.40. The van der Waals surface area contributed by atoms with Crippen LogP contribution in [-0.4, -0.2) is 29.9 Å². The lowest BCUT2D eigenvalue weighted by Crippen LogP contribution is -2.41. The molecule has 98 valence electrons. The first kappa shape index (κ1) is 13.3. The van der Waals surface area contributed by atoms with Gasteiger partial charge in [-0.2, -0.15) is 0 Å². The van der Waals surface area contributed by atoms with Crippen LogP contribution < -0.4 is 5.32 Å². The molecule has 0 aromatic carbocycles. The predicted octanol–water partition coefficient (Wildman–Crippen LogP) is 2.26. The fraction of sp³-hybridized carbons (Fsp3) is 0.500. The number of carbonyl (C=O) groups is 1. The average Bonchev–Trinajstić information content (AvgIpc) is 2.96. The van der Waals surface area contributed by atoms with Gasteiger partial charge in [0.25, 0.3) is 0 Å². The fourth-order valence-electron chi connectivity index (χ4n) is 2.23. The molecule has 2 heterocycles. The summed E-state index contributed by atoms with van der Waals surface area (Å²) >= 11 is 1.67. The minimum absolute atomic E-state index is 0.109. The van der Waals surface area contributed by atoms with E-state index in [1.165, 1.54) is 4.88 Å². The number of nitrogens with zero attached hydrogens (tertiary/aromatic N) is 1. The van der Waals surface area contributed by atoms with Crippen LogP contribution in [0, 0.1) is 5.92 Å². The molecule has 0 fully saturated rings. The summed E-state index contributed by atoms with van der Waals surface area (Å²) in [6.07, 6.45) is 4.36. The molecule has 1 aromatic rings. The smallest absolute Gasteiger partial charge is 0.234 e. The van der Waals surface area contributed by atoms with E-state index in [1.807, 2.05) is 17.5 Å². The van der Waals surface area contributed by atoms with Gasteiger partial charge in [0.15, 0.2) is 0 Å². The lowest BCUT2D eigenvalue weighted by atomic mass is 10.0. The van der Waals surface area contributed by atoms with Gasteiger partial charge in [-0.05, 0) is 17.4 Å². The van der Waals surface area contributed by atoms with Crippen molar-refractivity contribution in [3.05, 3.63) is 34.5 Å². The summed E-state index contributed by atoms with van der Waals surface area (Å²) in [6, 6.07) is 4.45. The zero-order valence-electron chi connectivity index (χ0n) is 10.9. The van der Waals surface area contributed by atoms with Crippen LogP contribution >= 0.6 is 11.3 Å². The molecule has 1 N–H and O–H groups in total. The average molecular weight is 264 g/mol. The normalized spacial score (nSPS) is 19.6. The van der Waals surface area contributed by atoms with Crippen LogP contribution in [0.3, 0.4) is 0 Å². The monoisotopic (exact) mass is 264 g/mol. The second kappa shape index (κ2) is 6.16. The van der Waals surface area contributed by atoms with Crippen molar-refractivity contribution in [2.24, 2.45) is 5.92 Å². The third kappa shape index (κ3) is 3.43. The van der Waals surface area contributed by atoms with Crippen LogP contribution in [-0.2, 0) is 11.3 Å². The van der Waals surface area contributed by atoms with Gasteiger partial charge in [-0.15, -0.1) is 11.3 Å². The predicted molar refractivity (Wildman–Crippen MR) is 75.5 cm³/mol. The van der Waals surface area contributed by atoms with Crippen molar-refractivity contribution < 1.29 is 4.79 Å². The number of hydrogen-bond donors (Lipinski definition) is 1. The van der Waals surface area contributed by atoms with Gasteiger partial charge in [0.2, 0.25) is 5.91 Å². The molecule has 0 saturated carbocycles. The quantitative estimate of drug-likeness (QED) is 0.827. The molecule has 0 saturated heterocycles. The molecule has 1 amide bonds. The minimum atomic E-state index is 0.109. The van der Waals surface area contributed by atoms with Gasteiger partial charge in [-0.3, -0.25) is 9.69 Å². The molecule has 3 nitrogen and oxygen atoms in total. The van der Waals surface area contributed by atoms with Crippen LogP contribution in [0.5, 0.6) is 0 Å². The molecule has 0 unspecified atom stereocenters. The molecule has 0 aliphatic carbocycles. The lowest BCUT2D eigenvalue weighted by Gasteiger charge is -2.26. The Morgan fingerprint density at radius 3 is 3.11 bits per heavy atom. The number of thiophene rings is 1. The molecule has 18 heavy (non-hydrogen) atoms. The molecule has 1 aliphatic heterocycles. The van der Waals surface area contributed by atoms with Crippen molar-refractivity contribution in [3.63, 3.8) is 0 Å². The van der Waals surface area contributed by atoms with Crippen LogP contribution in [0.25, 0.3) is 0 Å². The topological polar surface area (TPSA) is 32.3 Å². The van der Waals surface area contributed by atoms with E-state index in [9.17, 15) is 4.79 Å². The first-order valence-electron chi connectivity index (χ1n) is 6.36. The van der Waals surface area contributed by atoms with Crippen molar-refractivity contribution >= 4 is 17.2 Å². The van der Waals surface area contributed by atoms with E-state index in [1.54, 1.807) is 11.3 Å². The summed E-state index contributed by atoms with van der Waals surface area (Å²) in [5.41, 5.74) is 0. The summed E-state index contributed by atoms with van der Waals surface area (Å²) in [7, 11) is 0. The maximum Gasteiger partial charge on any atom is 0.234 e. The van der Waals surface area contributed by atoms with E-state index in [-0.39, 0.29) is 5.91 Å². The van der Waals surface area contributed by atoms with Gasteiger partial charge >= 0.3 is 0 Å². The minimum Gasteiger partial charge on any atom is -0.350 e. The van der Waals surface area contributed by atoms with Crippen molar-refractivity contribution in [1.29, 1.82) is 0 Å². The Morgan fingerprint density at radius 1 is 1.61 bits per heavy atom. The number of rotatable bonds is 5. The van der Waals surface area contributed by atoms with Crippen LogP contribution in [0.4, 0.5) is 0 Å². The zero-order chi connectivity index (χ0) is 13.0. The molecule has 0 radical (unpaired) electrons. The first-order valence-corrected chi connectivity index (χ1v) is 7.24. The highest BCUT2D eigenvalue weighted by molar-refractivity contribution is 7.09. The molecule has 4 heteroatoms. The van der Waals surface area contributed by atoms with Gasteiger partial charge in [0, 0.05) is 17.5 Å². The highest BCUT2D eigenvalue weighted by atomic mass is 32.1. The Morgan fingerprint density at radius 2 is 2.44 bits per heavy atom. The van der Waals surface area contributed by atoms with Gasteiger partial charge in [-0.25, -0.2) is 0 Å². The molecule has 2 rings (SSSR count). The van der Waals surface area contributed by atoms with Crippen LogP contribution in [0.1, 0.15) is 18.7 Å². The Bertz CT molecular complexity index is 411. The molecular formula is C14H20N2OS. The maximum atomic E-state index is 11.9. The van der Waals surface area contributed by atoms with E-state index in [0.717, 1.165) is 6.54 Å². The number of nitrogens with one attached hydrogen (secondary N) is 1. The second-order valence-corrected chi connectivity index (χ2v) is 5.98. The van der Waals surface area contributed by atoms with Gasteiger partial charge < -0.3 is 5.32 Å². The SMILES string of the molecule is CC(C)[C@@H]1C=CCN1CC(=O)NCc1cccs1. The number of hydrogen-bond acceptors (Lipinski definition) is 3. The fourth-order valence-corrected chi connectivity index (χ4v) is 2.88. The standard InChI is InChI=1S/C14H20N2OS/c1-11(2)13-6-3-7-16(13)10-14(17)15-9-12-5-4-8-18-12/h3-6,8,11,13H,7,9-10H2,1-2H3,(H,15,17)/t13-/m0/s1. The van der Waals surface area contributed by atoms with E-state index in [0.29, 0.717) is 25.0 Å². The second-order valence-electron chi connectivity index (χ2n) is 4.95. The maximum absolute atomic E-state index is 11.9. The van der Waals surface area contributed by atoms with Crippen LogP contribution in [0.2, 0.25) is 0 Å².